The van der Waals surface area contributed by atoms with E-state index in [1.165, 1.54) is 11.3 Å². The lowest BCUT2D eigenvalue weighted by Crippen LogP contribution is -2.35. The van der Waals surface area contributed by atoms with Gasteiger partial charge >= 0.3 is 0 Å². The Morgan fingerprint density at radius 1 is 1.45 bits per heavy atom. The maximum absolute atomic E-state index is 11.9. The molecule has 1 fully saturated rings. The topological polar surface area (TPSA) is 65.5 Å². The Hall–Kier alpha value is -1.47. The largest absolute Gasteiger partial charge is 0.354 e. The molecule has 122 valence electrons. The van der Waals surface area contributed by atoms with Gasteiger partial charge in [0, 0.05) is 31.4 Å². The molecule has 2 heterocycles. The van der Waals surface area contributed by atoms with Crippen molar-refractivity contribution < 1.29 is 9.59 Å². The van der Waals surface area contributed by atoms with Crippen LogP contribution < -0.4 is 10.2 Å². The van der Waals surface area contributed by atoms with Crippen molar-refractivity contribution in [2.24, 2.45) is 0 Å². The highest BCUT2D eigenvalue weighted by Gasteiger charge is 2.24. The summed E-state index contributed by atoms with van der Waals surface area (Å²) in [5.74, 6) is 0.112. The van der Waals surface area contributed by atoms with Gasteiger partial charge in [-0.15, -0.1) is 11.3 Å². The summed E-state index contributed by atoms with van der Waals surface area (Å²) in [5.41, 5.74) is 0.736. The van der Waals surface area contributed by atoms with Gasteiger partial charge in [0.05, 0.1) is 12.1 Å². The van der Waals surface area contributed by atoms with Gasteiger partial charge in [0.25, 0.3) is 0 Å². The Bertz CT molecular complexity index is 513. The van der Waals surface area contributed by atoms with E-state index in [0.717, 1.165) is 38.3 Å². The fourth-order valence-corrected chi connectivity index (χ4v) is 3.34. The van der Waals surface area contributed by atoms with Gasteiger partial charge in [0.2, 0.25) is 11.8 Å². The molecule has 1 N–H and O–H groups in total. The second-order valence-corrected chi connectivity index (χ2v) is 6.16. The van der Waals surface area contributed by atoms with Crippen LogP contribution in [0.2, 0.25) is 0 Å². The number of hydrogen-bond donors (Lipinski definition) is 1. The Morgan fingerprint density at radius 2 is 2.23 bits per heavy atom. The van der Waals surface area contributed by atoms with Gasteiger partial charge in [0.1, 0.15) is 0 Å². The summed E-state index contributed by atoms with van der Waals surface area (Å²) in [7, 11) is 0. The van der Waals surface area contributed by atoms with E-state index >= 15 is 0 Å². The second kappa shape index (κ2) is 8.24. The van der Waals surface area contributed by atoms with E-state index in [1.807, 2.05) is 5.38 Å². The molecule has 0 unspecified atom stereocenters. The first-order valence-corrected chi connectivity index (χ1v) is 8.75. The number of nitrogens with one attached hydrogen (secondary N) is 1. The predicted octanol–water partition coefficient (Wildman–Crippen LogP) is 1.27. The number of hydrogen-bond acceptors (Lipinski definition) is 5. The number of carbonyl (C=O) groups is 2. The SMILES string of the molecule is CCN(CC)CCNC(=O)Cc1csc(N2CCCC2=O)n1. The van der Waals surface area contributed by atoms with Gasteiger partial charge in [-0.2, -0.15) is 0 Å². The van der Waals surface area contributed by atoms with Crippen LogP contribution >= 0.6 is 11.3 Å². The molecular formula is C15H24N4O2S. The van der Waals surface area contributed by atoms with E-state index in [0.29, 0.717) is 18.1 Å². The Labute approximate surface area is 135 Å². The van der Waals surface area contributed by atoms with Crippen LogP contribution in [0.3, 0.4) is 0 Å². The van der Waals surface area contributed by atoms with Gasteiger partial charge < -0.3 is 10.2 Å². The van der Waals surface area contributed by atoms with Crippen LogP contribution in [0.5, 0.6) is 0 Å². The summed E-state index contributed by atoms with van der Waals surface area (Å²) >= 11 is 1.43. The number of aromatic nitrogens is 1. The molecule has 0 radical (unpaired) electrons. The lowest BCUT2D eigenvalue weighted by Gasteiger charge is -2.17. The fraction of sp³-hybridized carbons (Fsp3) is 0.667. The molecule has 0 aromatic carbocycles. The molecule has 0 spiro atoms. The standard InChI is InChI=1S/C15H24N4O2S/c1-3-18(4-2)9-7-16-13(20)10-12-11-22-15(17-12)19-8-5-6-14(19)21/h11H,3-10H2,1-2H3,(H,16,20). The van der Waals surface area contributed by atoms with Crippen LogP contribution in [0.15, 0.2) is 5.38 Å². The minimum atomic E-state index is -0.0169. The van der Waals surface area contributed by atoms with Gasteiger partial charge in [0.15, 0.2) is 5.13 Å². The van der Waals surface area contributed by atoms with Crippen LogP contribution in [0.25, 0.3) is 0 Å². The molecule has 7 heteroatoms. The molecule has 0 atom stereocenters. The van der Waals surface area contributed by atoms with Gasteiger partial charge in [-0.3, -0.25) is 14.5 Å². The molecule has 1 aliphatic heterocycles. The Kier molecular flexibility index (Phi) is 6.33. The first kappa shape index (κ1) is 16.9. The predicted molar refractivity (Wildman–Crippen MR) is 88.2 cm³/mol. The van der Waals surface area contributed by atoms with Crippen molar-refractivity contribution in [3.8, 4) is 0 Å². The summed E-state index contributed by atoms with van der Waals surface area (Å²) in [4.78, 5) is 32.0. The molecule has 1 aliphatic rings. The molecule has 2 amide bonds. The van der Waals surface area contributed by atoms with E-state index in [2.05, 4.69) is 29.0 Å². The smallest absolute Gasteiger partial charge is 0.228 e. The van der Waals surface area contributed by atoms with E-state index in [1.54, 1.807) is 4.90 Å². The van der Waals surface area contributed by atoms with Crippen LogP contribution in [0, 0.1) is 0 Å². The molecule has 0 aliphatic carbocycles. The van der Waals surface area contributed by atoms with Gasteiger partial charge in [-0.05, 0) is 19.5 Å². The summed E-state index contributed by atoms with van der Waals surface area (Å²) in [5, 5.41) is 5.50. The van der Waals surface area contributed by atoms with Gasteiger partial charge in [-0.1, -0.05) is 13.8 Å². The zero-order valence-electron chi connectivity index (χ0n) is 13.3. The lowest BCUT2D eigenvalue weighted by molar-refractivity contribution is -0.120. The van der Waals surface area contributed by atoms with Crippen molar-refractivity contribution >= 4 is 28.3 Å². The summed E-state index contributed by atoms with van der Waals surface area (Å²) < 4.78 is 0. The van der Waals surface area contributed by atoms with Crippen molar-refractivity contribution in [3.63, 3.8) is 0 Å². The highest BCUT2D eigenvalue weighted by Crippen LogP contribution is 2.25. The number of thiazole rings is 1. The molecule has 1 saturated heterocycles. The normalized spacial score (nSPS) is 14.9. The van der Waals surface area contributed by atoms with E-state index in [-0.39, 0.29) is 18.2 Å². The minimum Gasteiger partial charge on any atom is -0.354 e. The van der Waals surface area contributed by atoms with E-state index < -0.39 is 0 Å². The Morgan fingerprint density at radius 3 is 2.86 bits per heavy atom. The molecule has 0 saturated carbocycles. The first-order chi connectivity index (χ1) is 10.6. The fourth-order valence-electron chi connectivity index (χ4n) is 2.47. The second-order valence-electron chi connectivity index (χ2n) is 5.32. The number of rotatable bonds is 8. The third kappa shape index (κ3) is 4.51. The average Bonchev–Trinajstić information content (AvgIpc) is 3.12. The van der Waals surface area contributed by atoms with Crippen molar-refractivity contribution in [3.05, 3.63) is 11.1 Å². The maximum atomic E-state index is 11.9. The van der Waals surface area contributed by atoms with Gasteiger partial charge in [-0.25, -0.2) is 4.98 Å². The molecule has 22 heavy (non-hydrogen) atoms. The molecular weight excluding hydrogens is 300 g/mol. The number of nitrogens with zero attached hydrogens (tertiary/aromatic N) is 3. The van der Waals surface area contributed by atoms with Crippen molar-refractivity contribution in [1.29, 1.82) is 0 Å². The van der Waals surface area contributed by atoms with Crippen LogP contribution in [-0.4, -0.2) is 54.4 Å². The lowest BCUT2D eigenvalue weighted by atomic mass is 10.3. The minimum absolute atomic E-state index is 0.0169. The average molecular weight is 324 g/mol. The van der Waals surface area contributed by atoms with E-state index in [4.69, 9.17) is 0 Å². The third-order valence-corrected chi connectivity index (χ3v) is 4.74. The van der Waals surface area contributed by atoms with Crippen LogP contribution in [0.4, 0.5) is 5.13 Å². The first-order valence-electron chi connectivity index (χ1n) is 7.87. The highest BCUT2D eigenvalue weighted by molar-refractivity contribution is 7.14. The molecule has 6 nitrogen and oxygen atoms in total. The van der Waals surface area contributed by atoms with Crippen molar-refractivity contribution in [2.45, 2.75) is 33.1 Å². The van der Waals surface area contributed by atoms with Crippen LogP contribution in [0.1, 0.15) is 32.4 Å². The number of anilines is 1. The molecule has 1 aromatic heterocycles. The van der Waals surface area contributed by atoms with Crippen molar-refractivity contribution in [1.82, 2.24) is 15.2 Å². The molecule has 0 bridgehead atoms. The zero-order chi connectivity index (χ0) is 15.9. The Balaban J connectivity index is 1.77. The summed E-state index contributed by atoms with van der Waals surface area (Å²) in [6.45, 7) is 8.47. The number of likely N-dealkylation sites (N-methyl/N-ethyl adjacent to an activating group) is 1. The number of carbonyl (C=O) groups excluding carboxylic acids is 2. The summed E-state index contributed by atoms with van der Waals surface area (Å²) in [6.07, 6.45) is 1.76. The van der Waals surface area contributed by atoms with Crippen LogP contribution in [-0.2, 0) is 16.0 Å². The molecule has 2 rings (SSSR count). The third-order valence-electron chi connectivity index (χ3n) is 3.83. The van der Waals surface area contributed by atoms with Crippen molar-refractivity contribution in [2.75, 3.05) is 37.6 Å². The summed E-state index contributed by atoms with van der Waals surface area (Å²) in [6, 6.07) is 0. The maximum Gasteiger partial charge on any atom is 0.228 e. The highest BCUT2D eigenvalue weighted by atomic mass is 32.1. The molecule has 1 aromatic rings. The zero-order valence-corrected chi connectivity index (χ0v) is 14.1. The van der Waals surface area contributed by atoms with E-state index in [9.17, 15) is 9.59 Å². The monoisotopic (exact) mass is 324 g/mol. The quantitative estimate of drug-likeness (QED) is 0.782. The number of amides is 2.